The summed E-state index contributed by atoms with van der Waals surface area (Å²) in [6, 6.07) is 1.89. The smallest absolute Gasteiger partial charge is 0.236 e. The van der Waals surface area contributed by atoms with E-state index in [1.165, 1.54) is 11.3 Å². The fourth-order valence-electron chi connectivity index (χ4n) is 2.56. The summed E-state index contributed by atoms with van der Waals surface area (Å²) in [6.45, 7) is 3.34. The van der Waals surface area contributed by atoms with Crippen LogP contribution < -0.4 is 11.1 Å². The van der Waals surface area contributed by atoms with Gasteiger partial charge in [0.2, 0.25) is 5.91 Å². The standard InChI is InChI=1S/C14H18N6OS/c1-9-6-11(19-14-16-3-5-22-14)18-13(17-9)10-2-4-20(8-10)12(21)7-15/h3,5-6,10H,2,4,7-8,15H2,1H3,(H,16,17,18,19). The molecule has 1 atom stereocenters. The third-order valence-electron chi connectivity index (χ3n) is 3.62. The molecule has 2 aromatic rings. The molecule has 3 rings (SSSR count). The zero-order valence-electron chi connectivity index (χ0n) is 12.3. The van der Waals surface area contributed by atoms with Crippen molar-refractivity contribution in [2.45, 2.75) is 19.3 Å². The average Bonchev–Trinajstić information content (AvgIpc) is 3.17. The Kier molecular flexibility index (Phi) is 4.30. The molecule has 1 unspecified atom stereocenters. The minimum absolute atomic E-state index is 0.0173. The molecule has 0 bridgehead atoms. The highest BCUT2D eigenvalue weighted by Crippen LogP contribution is 2.26. The average molecular weight is 318 g/mol. The van der Waals surface area contributed by atoms with Gasteiger partial charge in [-0.15, -0.1) is 11.3 Å². The Labute approximate surface area is 132 Å². The van der Waals surface area contributed by atoms with Crippen molar-refractivity contribution in [2.24, 2.45) is 5.73 Å². The second-order valence-corrected chi connectivity index (χ2v) is 6.14. The summed E-state index contributed by atoms with van der Waals surface area (Å²) in [4.78, 5) is 26.8. The van der Waals surface area contributed by atoms with Gasteiger partial charge in [0.15, 0.2) is 5.13 Å². The lowest BCUT2D eigenvalue weighted by molar-refractivity contribution is -0.128. The number of amides is 1. The Morgan fingerprint density at radius 2 is 2.41 bits per heavy atom. The molecule has 0 radical (unpaired) electrons. The predicted molar refractivity (Wildman–Crippen MR) is 85.2 cm³/mol. The number of nitrogens with zero attached hydrogens (tertiary/aromatic N) is 4. The van der Waals surface area contributed by atoms with Gasteiger partial charge in [-0.2, -0.15) is 0 Å². The second-order valence-electron chi connectivity index (χ2n) is 5.24. The molecular formula is C14H18N6OS. The maximum absolute atomic E-state index is 11.7. The van der Waals surface area contributed by atoms with Crippen LogP contribution in [0.1, 0.15) is 23.9 Å². The van der Waals surface area contributed by atoms with Crippen molar-refractivity contribution in [1.29, 1.82) is 0 Å². The van der Waals surface area contributed by atoms with Crippen LogP contribution in [-0.4, -0.2) is 45.4 Å². The molecule has 0 aliphatic carbocycles. The summed E-state index contributed by atoms with van der Waals surface area (Å²) in [5, 5.41) is 5.90. The third-order valence-corrected chi connectivity index (χ3v) is 4.31. The van der Waals surface area contributed by atoms with Crippen LogP contribution in [0.2, 0.25) is 0 Å². The lowest BCUT2D eigenvalue weighted by Gasteiger charge is -2.15. The number of aromatic nitrogens is 3. The second kappa shape index (κ2) is 6.37. The fraction of sp³-hybridized carbons (Fsp3) is 0.429. The largest absolute Gasteiger partial charge is 0.341 e. The number of nitrogens with one attached hydrogen (secondary N) is 1. The Balaban J connectivity index is 1.77. The topological polar surface area (TPSA) is 97.0 Å². The molecular weight excluding hydrogens is 300 g/mol. The van der Waals surface area contributed by atoms with E-state index < -0.39 is 0 Å². The van der Waals surface area contributed by atoms with Crippen molar-refractivity contribution in [3.8, 4) is 0 Å². The number of hydrogen-bond donors (Lipinski definition) is 2. The van der Waals surface area contributed by atoms with Gasteiger partial charge >= 0.3 is 0 Å². The van der Waals surface area contributed by atoms with Gasteiger partial charge in [-0.1, -0.05) is 0 Å². The van der Waals surface area contributed by atoms with Crippen LogP contribution in [0, 0.1) is 6.92 Å². The van der Waals surface area contributed by atoms with Gasteiger partial charge in [-0.3, -0.25) is 4.79 Å². The van der Waals surface area contributed by atoms with Gasteiger partial charge in [0.05, 0.1) is 6.54 Å². The monoisotopic (exact) mass is 318 g/mol. The summed E-state index contributed by atoms with van der Waals surface area (Å²) in [7, 11) is 0. The molecule has 0 saturated carbocycles. The Morgan fingerprint density at radius 3 is 3.14 bits per heavy atom. The summed E-state index contributed by atoms with van der Waals surface area (Å²) >= 11 is 1.52. The van der Waals surface area contributed by atoms with E-state index in [4.69, 9.17) is 5.73 Å². The molecule has 1 aliphatic heterocycles. The number of anilines is 2. The number of carbonyl (C=O) groups excluding carboxylic acids is 1. The van der Waals surface area contributed by atoms with Crippen LogP contribution in [0.25, 0.3) is 0 Å². The fourth-order valence-corrected chi connectivity index (χ4v) is 3.10. The number of hydrogen-bond acceptors (Lipinski definition) is 7. The highest BCUT2D eigenvalue weighted by molar-refractivity contribution is 7.13. The number of likely N-dealkylation sites (tertiary alicyclic amines) is 1. The number of aryl methyl sites for hydroxylation is 1. The number of rotatable bonds is 4. The predicted octanol–water partition coefficient (Wildman–Crippen LogP) is 1.26. The zero-order valence-corrected chi connectivity index (χ0v) is 13.1. The Morgan fingerprint density at radius 1 is 1.55 bits per heavy atom. The van der Waals surface area contributed by atoms with Crippen LogP contribution in [0.3, 0.4) is 0 Å². The van der Waals surface area contributed by atoms with E-state index in [0.29, 0.717) is 13.1 Å². The first-order chi connectivity index (χ1) is 10.7. The molecule has 116 valence electrons. The first-order valence-corrected chi connectivity index (χ1v) is 8.03. The van der Waals surface area contributed by atoms with Gasteiger partial charge in [0.1, 0.15) is 11.6 Å². The van der Waals surface area contributed by atoms with E-state index in [2.05, 4.69) is 20.3 Å². The van der Waals surface area contributed by atoms with Crippen LogP contribution in [0.15, 0.2) is 17.6 Å². The van der Waals surface area contributed by atoms with Crippen molar-refractivity contribution in [2.75, 3.05) is 25.0 Å². The lowest BCUT2D eigenvalue weighted by Crippen LogP contribution is -2.34. The maximum Gasteiger partial charge on any atom is 0.236 e. The van der Waals surface area contributed by atoms with E-state index in [0.717, 1.165) is 28.9 Å². The van der Waals surface area contributed by atoms with Gasteiger partial charge in [-0.05, 0) is 13.3 Å². The molecule has 0 aromatic carbocycles. The molecule has 7 nitrogen and oxygen atoms in total. The highest BCUT2D eigenvalue weighted by atomic mass is 32.1. The quantitative estimate of drug-likeness (QED) is 0.881. The molecule has 3 heterocycles. The SMILES string of the molecule is Cc1cc(Nc2nccs2)nc(C2CCN(C(=O)CN)C2)n1. The summed E-state index contributed by atoms with van der Waals surface area (Å²) in [6.07, 6.45) is 2.61. The minimum Gasteiger partial charge on any atom is -0.341 e. The van der Waals surface area contributed by atoms with Gasteiger partial charge in [0, 0.05) is 42.3 Å². The summed E-state index contributed by atoms with van der Waals surface area (Å²) < 4.78 is 0. The molecule has 2 aromatic heterocycles. The number of thiazole rings is 1. The molecule has 3 N–H and O–H groups in total. The van der Waals surface area contributed by atoms with Crippen LogP contribution >= 0.6 is 11.3 Å². The van der Waals surface area contributed by atoms with E-state index in [1.54, 1.807) is 11.1 Å². The number of carbonyl (C=O) groups is 1. The zero-order chi connectivity index (χ0) is 15.5. The summed E-state index contributed by atoms with van der Waals surface area (Å²) in [5.41, 5.74) is 6.32. The molecule has 1 fully saturated rings. The van der Waals surface area contributed by atoms with Crippen molar-refractivity contribution >= 4 is 28.2 Å². The summed E-state index contributed by atoms with van der Waals surface area (Å²) in [5.74, 6) is 1.65. The van der Waals surface area contributed by atoms with Crippen molar-refractivity contribution in [3.05, 3.63) is 29.2 Å². The van der Waals surface area contributed by atoms with E-state index >= 15 is 0 Å². The minimum atomic E-state index is -0.0173. The molecule has 22 heavy (non-hydrogen) atoms. The van der Waals surface area contributed by atoms with Crippen LogP contribution in [0.5, 0.6) is 0 Å². The Hall–Kier alpha value is -2.06. The number of nitrogens with two attached hydrogens (primary N) is 1. The first kappa shape index (κ1) is 14.9. The van der Waals surface area contributed by atoms with Crippen LogP contribution in [0.4, 0.5) is 10.9 Å². The third kappa shape index (κ3) is 3.23. The maximum atomic E-state index is 11.7. The molecule has 1 saturated heterocycles. The molecule has 0 spiro atoms. The van der Waals surface area contributed by atoms with Crippen molar-refractivity contribution < 1.29 is 4.79 Å². The highest BCUT2D eigenvalue weighted by Gasteiger charge is 2.28. The Bertz CT molecular complexity index is 659. The van der Waals surface area contributed by atoms with Gasteiger partial charge < -0.3 is 16.0 Å². The van der Waals surface area contributed by atoms with Gasteiger partial charge in [-0.25, -0.2) is 15.0 Å². The van der Waals surface area contributed by atoms with E-state index in [9.17, 15) is 4.79 Å². The molecule has 8 heteroatoms. The molecule has 1 amide bonds. The van der Waals surface area contributed by atoms with Crippen LogP contribution in [-0.2, 0) is 4.79 Å². The lowest BCUT2D eigenvalue weighted by atomic mass is 10.1. The van der Waals surface area contributed by atoms with Gasteiger partial charge in [0.25, 0.3) is 0 Å². The van der Waals surface area contributed by atoms with Crippen molar-refractivity contribution in [3.63, 3.8) is 0 Å². The van der Waals surface area contributed by atoms with E-state index in [-0.39, 0.29) is 18.4 Å². The molecule has 1 aliphatic rings. The van der Waals surface area contributed by atoms with Crippen molar-refractivity contribution in [1.82, 2.24) is 19.9 Å². The van der Waals surface area contributed by atoms with E-state index in [1.807, 2.05) is 18.4 Å². The normalized spacial score (nSPS) is 17.7. The first-order valence-electron chi connectivity index (χ1n) is 7.15.